The Bertz CT molecular complexity index is 792. The van der Waals surface area contributed by atoms with Crippen LogP contribution in [-0.2, 0) is 9.53 Å². The monoisotopic (exact) mass is 385 g/mol. The predicted octanol–water partition coefficient (Wildman–Crippen LogP) is 3.27. The lowest BCUT2D eigenvalue weighted by Gasteiger charge is -2.17. The minimum atomic E-state index is -0.797. The molecule has 1 N–H and O–H groups in total. The lowest BCUT2D eigenvalue weighted by Crippen LogP contribution is -2.42. The van der Waals surface area contributed by atoms with E-state index in [9.17, 15) is 14.4 Å². The van der Waals surface area contributed by atoms with Crippen molar-refractivity contribution in [2.75, 3.05) is 18.6 Å². The molecule has 0 aliphatic carbocycles. The molecule has 1 amide bonds. The summed E-state index contributed by atoms with van der Waals surface area (Å²) in [5, 5.41) is 2.72. The normalized spacial score (nSPS) is 11.5. The molecule has 0 aliphatic heterocycles. The Morgan fingerprint density at radius 1 is 1.04 bits per heavy atom. The summed E-state index contributed by atoms with van der Waals surface area (Å²) < 4.78 is 5.17. The number of esters is 1. The summed E-state index contributed by atoms with van der Waals surface area (Å²) in [7, 11) is 0. The van der Waals surface area contributed by atoms with Crippen molar-refractivity contribution < 1.29 is 19.1 Å². The average Bonchev–Trinajstić information content (AvgIpc) is 2.69. The van der Waals surface area contributed by atoms with E-state index < -0.39 is 12.0 Å². The molecule has 0 bridgehead atoms. The number of carbonyl (C=O) groups excluding carboxylic acids is 3. The first-order chi connectivity index (χ1) is 13.0. The van der Waals surface area contributed by atoms with Crippen LogP contribution in [0.1, 0.15) is 32.7 Å². The molecule has 142 valence electrons. The van der Waals surface area contributed by atoms with E-state index in [0.29, 0.717) is 23.3 Å². The van der Waals surface area contributed by atoms with Gasteiger partial charge in [0.25, 0.3) is 5.91 Å². The molecule has 0 saturated heterocycles. The summed E-state index contributed by atoms with van der Waals surface area (Å²) >= 11 is 1.57. The predicted molar refractivity (Wildman–Crippen MR) is 107 cm³/mol. The van der Waals surface area contributed by atoms with Crippen LogP contribution >= 0.6 is 11.8 Å². The molecule has 0 fully saturated rings. The van der Waals surface area contributed by atoms with Gasteiger partial charge >= 0.3 is 5.97 Å². The zero-order chi connectivity index (χ0) is 19.6. The SMILES string of the molecule is CSCC[C@H](NC(=O)c1cccc(C)c1)C(=O)OCC(=O)c1ccccc1. The molecule has 0 heterocycles. The van der Waals surface area contributed by atoms with Crippen LogP contribution < -0.4 is 5.32 Å². The third-order valence-electron chi connectivity index (χ3n) is 3.92. The van der Waals surface area contributed by atoms with Crippen molar-refractivity contribution in [3.05, 3.63) is 71.3 Å². The Labute approximate surface area is 163 Å². The van der Waals surface area contributed by atoms with Crippen LogP contribution in [0.2, 0.25) is 0 Å². The number of hydrogen-bond acceptors (Lipinski definition) is 5. The van der Waals surface area contributed by atoms with Gasteiger partial charge in [-0.3, -0.25) is 9.59 Å². The highest BCUT2D eigenvalue weighted by Crippen LogP contribution is 2.08. The van der Waals surface area contributed by atoms with E-state index in [4.69, 9.17) is 4.74 Å². The smallest absolute Gasteiger partial charge is 0.329 e. The number of thioether (sulfide) groups is 1. The molecule has 0 unspecified atom stereocenters. The molecule has 6 heteroatoms. The molecule has 2 aromatic rings. The Morgan fingerprint density at radius 2 is 1.74 bits per heavy atom. The van der Waals surface area contributed by atoms with E-state index in [1.807, 2.05) is 25.3 Å². The number of Topliss-reactive ketones (excluding diaryl/α,β-unsaturated/α-hetero) is 1. The lowest BCUT2D eigenvalue weighted by molar-refractivity contribution is -0.144. The van der Waals surface area contributed by atoms with E-state index in [-0.39, 0.29) is 18.3 Å². The molecule has 1 atom stereocenters. The van der Waals surface area contributed by atoms with Gasteiger partial charge in [-0.15, -0.1) is 0 Å². The zero-order valence-electron chi connectivity index (χ0n) is 15.4. The number of ether oxygens (including phenoxy) is 1. The molecule has 0 aliphatic rings. The number of rotatable bonds is 9. The van der Waals surface area contributed by atoms with Crippen molar-refractivity contribution in [1.29, 1.82) is 0 Å². The average molecular weight is 385 g/mol. The minimum absolute atomic E-state index is 0.280. The molecule has 0 spiro atoms. The summed E-state index contributed by atoms with van der Waals surface area (Å²) in [4.78, 5) is 37.0. The van der Waals surface area contributed by atoms with Crippen molar-refractivity contribution in [2.45, 2.75) is 19.4 Å². The largest absolute Gasteiger partial charge is 0.456 e. The summed E-state index contributed by atoms with van der Waals surface area (Å²) in [5.41, 5.74) is 1.92. The molecule has 0 radical (unpaired) electrons. The topological polar surface area (TPSA) is 72.5 Å². The van der Waals surface area contributed by atoms with Gasteiger partial charge in [0.05, 0.1) is 0 Å². The van der Waals surface area contributed by atoms with Gasteiger partial charge in [-0.1, -0.05) is 48.0 Å². The van der Waals surface area contributed by atoms with Gasteiger partial charge in [0.15, 0.2) is 12.4 Å². The van der Waals surface area contributed by atoms with Crippen LogP contribution in [0.5, 0.6) is 0 Å². The summed E-state index contributed by atoms with van der Waals surface area (Å²) in [6.45, 7) is 1.55. The fourth-order valence-electron chi connectivity index (χ4n) is 2.46. The van der Waals surface area contributed by atoms with Crippen LogP contribution in [0, 0.1) is 6.92 Å². The van der Waals surface area contributed by atoms with Crippen molar-refractivity contribution in [1.82, 2.24) is 5.32 Å². The first-order valence-electron chi connectivity index (χ1n) is 8.62. The first kappa shape index (κ1) is 20.7. The molecule has 0 aromatic heterocycles. The second-order valence-electron chi connectivity index (χ2n) is 6.07. The number of carbonyl (C=O) groups is 3. The van der Waals surface area contributed by atoms with Gasteiger partial charge in [-0.05, 0) is 37.5 Å². The number of hydrogen-bond donors (Lipinski definition) is 1. The summed E-state index contributed by atoms with van der Waals surface area (Å²) in [5.74, 6) is -0.538. The third-order valence-corrected chi connectivity index (χ3v) is 4.57. The molecule has 0 saturated carbocycles. The Balaban J connectivity index is 1.98. The van der Waals surface area contributed by atoms with Gasteiger partial charge < -0.3 is 10.1 Å². The van der Waals surface area contributed by atoms with E-state index in [1.54, 1.807) is 54.2 Å². The number of ketones is 1. The maximum Gasteiger partial charge on any atom is 0.329 e. The molecular formula is C21H23NO4S. The summed E-state index contributed by atoms with van der Waals surface area (Å²) in [6, 6.07) is 15.0. The van der Waals surface area contributed by atoms with E-state index in [2.05, 4.69) is 5.32 Å². The molecule has 5 nitrogen and oxygen atoms in total. The highest BCUT2D eigenvalue weighted by atomic mass is 32.2. The fraction of sp³-hybridized carbons (Fsp3) is 0.286. The maximum atomic E-state index is 12.4. The third kappa shape index (κ3) is 6.57. The van der Waals surface area contributed by atoms with Gasteiger partial charge in [0.2, 0.25) is 0 Å². The number of benzene rings is 2. The Hall–Kier alpha value is -2.60. The van der Waals surface area contributed by atoms with Gasteiger partial charge in [0.1, 0.15) is 6.04 Å². The number of nitrogens with one attached hydrogen (secondary N) is 1. The quantitative estimate of drug-likeness (QED) is 0.530. The molecule has 2 rings (SSSR count). The molecule has 2 aromatic carbocycles. The lowest BCUT2D eigenvalue weighted by atomic mass is 10.1. The molecular weight excluding hydrogens is 362 g/mol. The van der Waals surface area contributed by atoms with Crippen molar-refractivity contribution in [3.63, 3.8) is 0 Å². The highest BCUT2D eigenvalue weighted by Gasteiger charge is 2.23. The highest BCUT2D eigenvalue weighted by molar-refractivity contribution is 7.98. The van der Waals surface area contributed by atoms with Crippen LogP contribution in [0.4, 0.5) is 0 Å². The summed E-state index contributed by atoms with van der Waals surface area (Å²) in [6.07, 6.45) is 2.35. The minimum Gasteiger partial charge on any atom is -0.456 e. The van der Waals surface area contributed by atoms with E-state index in [0.717, 1.165) is 5.56 Å². The second kappa shape index (κ2) is 10.5. The van der Waals surface area contributed by atoms with E-state index >= 15 is 0 Å². The van der Waals surface area contributed by atoms with Crippen molar-refractivity contribution in [2.24, 2.45) is 0 Å². The standard InChI is InChI=1S/C21H23NO4S/c1-15-7-6-10-17(13-15)20(24)22-18(11-12-27-2)21(25)26-14-19(23)16-8-4-3-5-9-16/h3-10,13,18H,11-12,14H2,1-2H3,(H,22,24)/t18-/m0/s1. The van der Waals surface area contributed by atoms with Gasteiger partial charge in [-0.25, -0.2) is 4.79 Å². The number of aryl methyl sites for hydroxylation is 1. The Kier molecular flexibility index (Phi) is 8.07. The van der Waals surface area contributed by atoms with E-state index in [1.165, 1.54) is 0 Å². The van der Waals surface area contributed by atoms with Gasteiger partial charge in [0, 0.05) is 11.1 Å². The van der Waals surface area contributed by atoms with Crippen molar-refractivity contribution in [3.8, 4) is 0 Å². The van der Waals surface area contributed by atoms with Gasteiger partial charge in [-0.2, -0.15) is 11.8 Å². The molecule has 27 heavy (non-hydrogen) atoms. The fourth-order valence-corrected chi connectivity index (χ4v) is 2.93. The zero-order valence-corrected chi connectivity index (χ0v) is 16.3. The van der Waals surface area contributed by atoms with Crippen LogP contribution in [0.15, 0.2) is 54.6 Å². The Morgan fingerprint density at radius 3 is 2.41 bits per heavy atom. The van der Waals surface area contributed by atoms with Crippen LogP contribution in [0.3, 0.4) is 0 Å². The van der Waals surface area contributed by atoms with Crippen LogP contribution in [0.25, 0.3) is 0 Å². The maximum absolute atomic E-state index is 12.4. The number of amides is 1. The first-order valence-corrected chi connectivity index (χ1v) is 10.0. The van der Waals surface area contributed by atoms with Crippen molar-refractivity contribution >= 4 is 29.4 Å². The van der Waals surface area contributed by atoms with Crippen LogP contribution in [-0.4, -0.2) is 42.3 Å². The second-order valence-corrected chi connectivity index (χ2v) is 7.06.